The third-order valence-corrected chi connectivity index (χ3v) is 9.15. The number of nitrogens with zero attached hydrogens (tertiary/aromatic N) is 6. The lowest BCUT2D eigenvalue weighted by atomic mass is 9.75. The smallest absolute Gasteiger partial charge is 0.356 e. The van der Waals surface area contributed by atoms with Gasteiger partial charge in [0.2, 0.25) is 0 Å². The molecule has 10 nitrogen and oxygen atoms in total. The number of likely N-dealkylation sites (N-methyl/N-ethyl adjacent to an activating group) is 1. The van der Waals surface area contributed by atoms with E-state index in [2.05, 4.69) is 48.4 Å². The minimum atomic E-state index is -0.119. The van der Waals surface area contributed by atoms with Crippen LogP contribution in [0.1, 0.15) is 47.8 Å². The predicted molar refractivity (Wildman–Crippen MR) is 150 cm³/mol. The summed E-state index contributed by atoms with van der Waals surface area (Å²) in [5.74, 6) is 0.768. The molecular formula is C29H33N8O2+. The minimum Gasteiger partial charge on any atom is -0.356 e. The maximum Gasteiger partial charge on any atom is 0.369 e. The molecule has 2 fully saturated rings. The van der Waals surface area contributed by atoms with Crippen LogP contribution in [0.25, 0.3) is 11.2 Å². The van der Waals surface area contributed by atoms with Crippen molar-refractivity contribution in [2.45, 2.75) is 37.1 Å². The number of nitrogens with one attached hydrogen (secondary N) is 2. The first-order chi connectivity index (χ1) is 19.0. The summed E-state index contributed by atoms with van der Waals surface area (Å²) >= 11 is 0. The second kappa shape index (κ2) is 9.10. The third kappa shape index (κ3) is 3.81. The predicted octanol–water partition coefficient (Wildman–Crippen LogP) is 2.77. The molecule has 10 heteroatoms. The number of hydrogen-bond acceptors (Lipinski definition) is 7. The second-order valence-corrected chi connectivity index (χ2v) is 11.4. The van der Waals surface area contributed by atoms with E-state index in [1.54, 1.807) is 6.20 Å². The number of carbonyl (C=O) groups excluding carboxylic acids is 1. The van der Waals surface area contributed by atoms with Gasteiger partial charge in [0.1, 0.15) is 24.4 Å². The molecule has 3 aliphatic rings. The Morgan fingerprint density at radius 2 is 1.85 bits per heavy atom. The summed E-state index contributed by atoms with van der Waals surface area (Å²) in [5, 5.41) is 3.48. The molecule has 0 saturated carbocycles. The van der Waals surface area contributed by atoms with Gasteiger partial charge >= 0.3 is 11.6 Å². The number of fused-ring (bicyclic) bond motifs is 3. The van der Waals surface area contributed by atoms with E-state index >= 15 is 0 Å². The summed E-state index contributed by atoms with van der Waals surface area (Å²) in [6.45, 7) is 4.17. The molecule has 1 amide bonds. The first-order valence-corrected chi connectivity index (χ1v) is 13.8. The average Bonchev–Trinajstić information content (AvgIpc) is 3.44. The lowest BCUT2D eigenvalue weighted by molar-refractivity contribution is 0.0775. The zero-order chi connectivity index (χ0) is 26.6. The fourth-order valence-corrected chi connectivity index (χ4v) is 7.21. The number of pyridine rings is 1. The molecule has 1 spiro atoms. The van der Waals surface area contributed by atoms with Gasteiger partial charge in [-0.3, -0.25) is 9.55 Å². The highest BCUT2D eigenvalue weighted by Crippen LogP contribution is 2.49. The van der Waals surface area contributed by atoms with E-state index in [-0.39, 0.29) is 27.5 Å². The van der Waals surface area contributed by atoms with Gasteiger partial charge in [-0.05, 0) is 57.0 Å². The van der Waals surface area contributed by atoms with Crippen LogP contribution in [-0.4, -0.2) is 70.2 Å². The number of rotatable bonds is 3. The monoisotopic (exact) mass is 525 g/mol. The highest BCUT2D eigenvalue weighted by atomic mass is 16.2. The highest BCUT2D eigenvalue weighted by molar-refractivity contribution is 6.02. The average molecular weight is 526 g/mol. The van der Waals surface area contributed by atoms with Gasteiger partial charge in [-0.25, -0.2) is 29.0 Å². The van der Waals surface area contributed by atoms with Crippen LogP contribution in [-0.2, 0) is 5.41 Å². The largest absolute Gasteiger partial charge is 0.369 e. The highest BCUT2D eigenvalue weighted by Gasteiger charge is 2.55. The second-order valence-electron chi connectivity index (χ2n) is 11.4. The van der Waals surface area contributed by atoms with Gasteiger partial charge in [0.25, 0.3) is 0 Å². The molecule has 0 aliphatic carbocycles. The van der Waals surface area contributed by atoms with Crippen LogP contribution in [0.5, 0.6) is 0 Å². The Morgan fingerprint density at radius 1 is 1.05 bits per heavy atom. The van der Waals surface area contributed by atoms with E-state index in [4.69, 9.17) is 0 Å². The van der Waals surface area contributed by atoms with Gasteiger partial charge in [0.05, 0.1) is 18.0 Å². The molecule has 200 valence electrons. The first-order valence-electron chi connectivity index (χ1n) is 13.8. The molecule has 3 aliphatic heterocycles. The molecule has 2 N–H and O–H groups in total. The number of carbonyl (C=O) groups is 1. The lowest BCUT2D eigenvalue weighted by Gasteiger charge is -2.35. The molecule has 39 heavy (non-hydrogen) atoms. The molecule has 1 atom stereocenters. The van der Waals surface area contributed by atoms with Crippen LogP contribution in [0.3, 0.4) is 0 Å². The van der Waals surface area contributed by atoms with Gasteiger partial charge in [-0.2, -0.15) is 0 Å². The number of aromatic nitrogens is 5. The summed E-state index contributed by atoms with van der Waals surface area (Å²) in [6.07, 6.45) is 6.86. The Kier molecular flexibility index (Phi) is 5.64. The van der Waals surface area contributed by atoms with Crippen molar-refractivity contribution in [2.75, 3.05) is 44.7 Å². The molecule has 2 saturated heterocycles. The Morgan fingerprint density at radius 3 is 2.67 bits per heavy atom. The van der Waals surface area contributed by atoms with E-state index in [0.717, 1.165) is 75.4 Å². The van der Waals surface area contributed by atoms with Crippen LogP contribution in [0.15, 0.2) is 59.8 Å². The number of anilines is 1. The van der Waals surface area contributed by atoms with Crippen LogP contribution >= 0.6 is 0 Å². The van der Waals surface area contributed by atoms with Crippen molar-refractivity contribution in [1.29, 1.82) is 0 Å². The lowest BCUT2D eigenvalue weighted by Crippen LogP contribution is -2.54. The minimum absolute atomic E-state index is 0.00855. The van der Waals surface area contributed by atoms with E-state index in [0.29, 0.717) is 11.3 Å². The first kappa shape index (κ1) is 24.2. The zero-order valence-electron chi connectivity index (χ0n) is 22.1. The summed E-state index contributed by atoms with van der Waals surface area (Å²) in [5.41, 5.74) is 4.20. The van der Waals surface area contributed by atoms with Crippen molar-refractivity contribution < 1.29 is 4.79 Å². The summed E-state index contributed by atoms with van der Waals surface area (Å²) in [4.78, 5) is 45.2. The molecule has 4 aromatic rings. The number of quaternary nitrogens is 1. The normalized spacial score (nSPS) is 22.8. The van der Waals surface area contributed by atoms with Crippen molar-refractivity contribution in [2.24, 2.45) is 0 Å². The number of H-pyrrole nitrogens is 1. The number of piperidine rings is 2. The van der Waals surface area contributed by atoms with Crippen LogP contribution in [0, 0.1) is 0 Å². The SMILES string of the molecule is C[N+]1(C(=O)c2cc(N3CCC(n4c(=O)[nH]c5ncccc54)CC3)ncn2)CC2(CCNCC2)c2ccccc21. The molecule has 1 aromatic carbocycles. The number of imidazole rings is 1. The van der Waals surface area contributed by atoms with Gasteiger partial charge in [-0.1, -0.05) is 18.2 Å². The number of hydrogen-bond donors (Lipinski definition) is 2. The Hall–Kier alpha value is -3.89. The van der Waals surface area contributed by atoms with Crippen molar-refractivity contribution in [3.63, 3.8) is 0 Å². The Balaban J connectivity index is 1.13. The fourth-order valence-electron chi connectivity index (χ4n) is 7.21. The number of para-hydroxylation sites is 1. The maximum absolute atomic E-state index is 14.2. The summed E-state index contributed by atoms with van der Waals surface area (Å²) < 4.78 is 2.06. The van der Waals surface area contributed by atoms with Crippen LogP contribution in [0.4, 0.5) is 11.5 Å². The van der Waals surface area contributed by atoms with E-state index in [9.17, 15) is 9.59 Å². The third-order valence-electron chi connectivity index (χ3n) is 9.15. The summed E-state index contributed by atoms with van der Waals surface area (Å²) in [6, 6.07) is 14.2. The molecule has 6 heterocycles. The number of amides is 1. The molecular weight excluding hydrogens is 492 g/mol. The fraction of sp³-hybridized carbons (Fsp3) is 0.414. The molecule has 0 radical (unpaired) electrons. The van der Waals surface area contributed by atoms with Crippen LogP contribution < -0.4 is 20.4 Å². The maximum atomic E-state index is 14.2. The standard InChI is InChI=1S/C29H32N8O2/c1-37(18-29(10-13-30-14-11-29)21-5-2-3-7-24(21)37)27(38)22-17-25(33-19-32-22)35-15-8-20(9-16-35)36-23-6-4-12-31-26(23)34-28(36)39/h2-7,12,17,19-20,30H,8-11,13-16,18H2,1H3/p+1. The van der Waals surface area contributed by atoms with Crippen molar-refractivity contribution >= 4 is 28.6 Å². The van der Waals surface area contributed by atoms with E-state index in [1.165, 1.54) is 11.9 Å². The van der Waals surface area contributed by atoms with E-state index < -0.39 is 0 Å². The Labute approximate surface area is 226 Å². The molecule has 0 bridgehead atoms. The number of aromatic amines is 1. The van der Waals surface area contributed by atoms with Gasteiger partial charge < -0.3 is 10.2 Å². The zero-order valence-corrected chi connectivity index (χ0v) is 22.1. The van der Waals surface area contributed by atoms with Crippen molar-refractivity contribution in [3.05, 3.63) is 76.7 Å². The van der Waals surface area contributed by atoms with Gasteiger partial charge in [0, 0.05) is 37.0 Å². The molecule has 1 unspecified atom stereocenters. The molecule has 3 aromatic heterocycles. The van der Waals surface area contributed by atoms with E-state index in [1.807, 2.05) is 35.9 Å². The number of benzene rings is 1. The topological polar surface area (TPSA) is 109 Å². The van der Waals surface area contributed by atoms with Gasteiger partial charge in [-0.15, -0.1) is 0 Å². The van der Waals surface area contributed by atoms with Crippen LogP contribution in [0.2, 0.25) is 0 Å². The summed E-state index contributed by atoms with van der Waals surface area (Å²) in [7, 11) is 2.04. The molecule has 7 rings (SSSR count). The Bertz CT molecular complexity index is 1610. The van der Waals surface area contributed by atoms with Crippen molar-refractivity contribution in [1.82, 2.24) is 34.3 Å². The van der Waals surface area contributed by atoms with Gasteiger partial charge in [0.15, 0.2) is 11.3 Å². The quantitative estimate of drug-likeness (QED) is 0.396. The van der Waals surface area contributed by atoms with Crippen molar-refractivity contribution in [3.8, 4) is 0 Å².